The first-order valence-corrected chi connectivity index (χ1v) is 3.12. The molecule has 0 amide bonds. The average molecular weight is 129 g/mol. The maximum Gasteiger partial charge on any atom is 0.227 e. The van der Waals surface area contributed by atoms with Crippen molar-refractivity contribution in [3.63, 3.8) is 0 Å². The molecule has 9 heavy (non-hydrogen) atoms. The second-order valence-electron chi connectivity index (χ2n) is 2.60. The van der Waals surface area contributed by atoms with Crippen molar-refractivity contribution in [3.8, 4) is 0 Å². The van der Waals surface area contributed by atoms with Crippen LogP contribution in [0, 0.1) is 5.92 Å². The zero-order valence-electron chi connectivity index (χ0n) is 5.66. The molecule has 1 aliphatic heterocycles. The molecule has 1 N–H and O–H groups in total. The van der Waals surface area contributed by atoms with E-state index in [0.29, 0.717) is 12.3 Å². The van der Waals surface area contributed by atoms with E-state index in [4.69, 9.17) is 9.94 Å². The Morgan fingerprint density at radius 2 is 2.44 bits per heavy atom. The molecular formula is C6H11NO2. The third-order valence-electron chi connectivity index (χ3n) is 1.42. The zero-order valence-corrected chi connectivity index (χ0v) is 5.66. The number of nitrogens with zero attached hydrogens (tertiary/aromatic N) is 1. The van der Waals surface area contributed by atoms with E-state index in [0.717, 1.165) is 0 Å². The number of hydrogen-bond acceptors (Lipinski definition) is 2. The normalized spacial score (nSPS) is 26.1. The van der Waals surface area contributed by atoms with Gasteiger partial charge in [0.15, 0.2) is 0 Å². The molecule has 1 rings (SSSR count). The second-order valence-corrected chi connectivity index (χ2v) is 2.60. The Kier molecular flexibility index (Phi) is 1.60. The van der Waals surface area contributed by atoms with E-state index in [-0.39, 0.29) is 12.0 Å². The molecule has 0 bridgehead atoms. The number of hydrogen-bond donors (Lipinski definition) is 1. The monoisotopic (exact) mass is 129 g/mol. The van der Waals surface area contributed by atoms with E-state index in [9.17, 15) is 0 Å². The maximum absolute atomic E-state index is 8.77. The summed E-state index contributed by atoms with van der Waals surface area (Å²) in [6.45, 7) is 4.08. The Balaban J connectivity index is 2.37. The molecule has 0 radical (unpaired) electrons. The third kappa shape index (κ3) is 1.34. The lowest BCUT2D eigenvalue weighted by atomic mass is 10.1. The van der Waals surface area contributed by atoms with Gasteiger partial charge in [-0.2, -0.15) is 0 Å². The predicted octanol–water partition coefficient (Wildman–Crippen LogP) is 1.30. The van der Waals surface area contributed by atoms with Crippen molar-refractivity contribution in [2.75, 3.05) is 0 Å². The Hall–Kier alpha value is -0.730. The van der Waals surface area contributed by atoms with Crippen LogP contribution in [0.1, 0.15) is 20.3 Å². The van der Waals surface area contributed by atoms with Crippen molar-refractivity contribution in [2.45, 2.75) is 26.4 Å². The molecule has 0 aromatic carbocycles. The van der Waals surface area contributed by atoms with Crippen molar-refractivity contribution in [1.29, 1.82) is 0 Å². The smallest absolute Gasteiger partial charge is 0.227 e. The zero-order chi connectivity index (χ0) is 6.85. The molecule has 0 aromatic heterocycles. The Bertz CT molecular complexity index is 131. The van der Waals surface area contributed by atoms with Crippen LogP contribution < -0.4 is 0 Å². The lowest BCUT2D eigenvalue weighted by molar-refractivity contribution is 0.0520. The first-order valence-electron chi connectivity index (χ1n) is 3.12. The van der Waals surface area contributed by atoms with Crippen molar-refractivity contribution in [2.24, 2.45) is 11.1 Å². The van der Waals surface area contributed by atoms with Gasteiger partial charge in [-0.1, -0.05) is 19.0 Å². The number of aliphatic hydroxyl groups excluding tert-OH is 1. The van der Waals surface area contributed by atoms with E-state index in [1.807, 2.05) is 13.8 Å². The highest BCUT2D eigenvalue weighted by molar-refractivity contribution is 5.74. The van der Waals surface area contributed by atoms with E-state index in [2.05, 4.69) is 5.16 Å². The van der Waals surface area contributed by atoms with E-state index >= 15 is 0 Å². The van der Waals surface area contributed by atoms with E-state index in [1.165, 1.54) is 0 Å². The van der Waals surface area contributed by atoms with Crippen molar-refractivity contribution in [3.05, 3.63) is 0 Å². The molecule has 1 atom stereocenters. The summed E-state index contributed by atoms with van der Waals surface area (Å²) in [7, 11) is 0. The molecule has 1 unspecified atom stereocenters. The van der Waals surface area contributed by atoms with Gasteiger partial charge in [-0.3, -0.25) is 0 Å². The molecular weight excluding hydrogens is 118 g/mol. The van der Waals surface area contributed by atoms with Crippen LogP contribution in [0.3, 0.4) is 0 Å². The van der Waals surface area contributed by atoms with Gasteiger partial charge in [0.25, 0.3) is 0 Å². The summed E-state index contributed by atoms with van der Waals surface area (Å²) in [4.78, 5) is 4.86. The van der Waals surface area contributed by atoms with Crippen LogP contribution in [0.15, 0.2) is 5.16 Å². The molecule has 1 aliphatic rings. The number of oxime groups is 1. The summed E-state index contributed by atoms with van der Waals surface area (Å²) in [5.74, 6) is 0.548. The average Bonchev–Trinajstić information content (AvgIpc) is 2.14. The fraction of sp³-hybridized carbons (Fsp3) is 0.833. The minimum absolute atomic E-state index is 0.0880. The molecule has 52 valence electrons. The Labute approximate surface area is 54.3 Å². The van der Waals surface area contributed by atoms with Gasteiger partial charge in [0.2, 0.25) is 5.90 Å². The summed E-state index contributed by atoms with van der Waals surface area (Å²) in [6.07, 6.45) is 0.655. The van der Waals surface area contributed by atoms with Crippen molar-refractivity contribution >= 4 is 5.90 Å². The van der Waals surface area contributed by atoms with Crippen LogP contribution >= 0.6 is 0 Å². The minimum Gasteiger partial charge on any atom is -0.494 e. The molecule has 3 nitrogen and oxygen atoms in total. The molecule has 0 aromatic rings. The predicted molar refractivity (Wildman–Crippen MR) is 34.4 cm³/mol. The summed E-state index contributed by atoms with van der Waals surface area (Å²) in [5, 5.41) is 12.2. The highest BCUT2D eigenvalue weighted by atomic mass is 16.7. The molecule has 0 spiro atoms. The lowest BCUT2D eigenvalue weighted by Gasteiger charge is -2.09. The maximum atomic E-state index is 8.77. The fourth-order valence-corrected chi connectivity index (χ4v) is 0.740. The molecule has 0 aliphatic carbocycles. The van der Waals surface area contributed by atoms with Crippen LogP contribution in [0.5, 0.6) is 0 Å². The van der Waals surface area contributed by atoms with Crippen LogP contribution in [0.4, 0.5) is 0 Å². The van der Waals surface area contributed by atoms with E-state index in [1.54, 1.807) is 0 Å². The van der Waals surface area contributed by atoms with Gasteiger partial charge in [0.1, 0.15) is 6.10 Å². The van der Waals surface area contributed by atoms with Crippen molar-refractivity contribution < 1.29 is 9.94 Å². The number of rotatable bonds is 1. The van der Waals surface area contributed by atoms with Crippen LogP contribution in [-0.4, -0.2) is 17.1 Å². The van der Waals surface area contributed by atoms with Gasteiger partial charge in [-0.15, -0.1) is 0 Å². The standard InChI is InChI=1S/C6H11NO2/c1-4(2)5-3-6(8)7-9-5/h4-5H,3H2,1-2H3,(H,7,8). The van der Waals surface area contributed by atoms with Crippen LogP contribution in [0.25, 0.3) is 0 Å². The molecule has 1 heterocycles. The van der Waals surface area contributed by atoms with Crippen LogP contribution in [0.2, 0.25) is 0 Å². The summed E-state index contributed by atoms with van der Waals surface area (Å²) >= 11 is 0. The summed E-state index contributed by atoms with van der Waals surface area (Å²) < 4.78 is 0. The molecule has 0 saturated carbocycles. The van der Waals surface area contributed by atoms with Gasteiger partial charge in [0.05, 0.1) is 6.42 Å². The van der Waals surface area contributed by atoms with Gasteiger partial charge < -0.3 is 9.94 Å². The summed E-state index contributed by atoms with van der Waals surface area (Å²) in [5.41, 5.74) is 0. The van der Waals surface area contributed by atoms with Gasteiger partial charge in [-0.05, 0) is 5.92 Å². The Morgan fingerprint density at radius 1 is 1.78 bits per heavy atom. The lowest BCUT2D eigenvalue weighted by Crippen LogP contribution is -2.14. The number of aliphatic hydroxyl groups is 1. The fourth-order valence-electron chi connectivity index (χ4n) is 0.740. The highest BCUT2D eigenvalue weighted by Crippen LogP contribution is 2.16. The first-order chi connectivity index (χ1) is 4.20. The highest BCUT2D eigenvalue weighted by Gasteiger charge is 2.22. The van der Waals surface area contributed by atoms with Crippen LogP contribution in [-0.2, 0) is 4.84 Å². The Morgan fingerprint density at radius 3 is 2.67 bits per heavy atom. The molecule has 0 saturated heterocycles. The first kappa shape index (κ1) is 6.39. The van der Waals surface area contributed by atoms with Gasteiger partial charge >= 0.3 is 0 Å². The quantitative estimate of drug-likeness (QED) is 0.579. The second kappa shape index (κ2) is 2.25. The molecule has 0 fully saturated rings. The van der Waals surface area contributed by atoms with Crippen molar-refractivity contribution in [1.82, 2.24) is 0 Å². The largest absolute Gasteiger partial charge is 0.494 e. The SMILES string of the molecule is CC(C)C1CC(O)=NO1. The topological polar surface area (TPSA) is 41.8 Å². The van der Waals surface area contributed by atoms with Gasteiger partial charge in [-0.25, -0.2) is 0 Å². The molecule has 3 heteroatoms. The minimum atomic E-state index is 0.0880. The van der Waals surface area contributed by atoms with E-state index < -0.39 is 0 Å². The van der Waals surface area contributed by atoms with Gasteiger partial charge in [0, 0.05) is 0 Å². The summed E-state index contributed by atoms with van der Waals surface area (Å²) in [6, 6.07) is 0. The third-order valence-corrected chi connectivity index (χ3v) is 1.42.